The van der Waals surface area contributed by atoms with Gasteiger partial charge in [-0.05, 0) is 96.1 Å². The van der Waals surface area contributed by atoms with Crippen molar-refractivity contribution in [3.8, 4) is 27.9 Å². The summed E-state index contributed by atoms with van der Waals surface area (Å²) in [6, 6.07) is 78.5. The molecule has 0 amide bonds. The third-order valence-corrected chi connectivity index (χ3v) is 14.4. The predicted octanol–water partition coefficient (Wildman–Crippen LogP) is 17.8. The molecule has 0 saturated carbocycles. The van der Waals surface area contributed by atoms with Crippen LogP contribution in [0.2, 0.25) is 0 Å². The maximum absolute atomic E-state index is 7.04. The average Bonchev–Trinajstić information content (AvgIpc) is 4.13. The first-order chi connectivity index (χ1) is 32.2. The lowest BCUT2D eigenvalue weighted by Gasteiger charge is -2.29. The van der Waals surface area contributed by atoms with Gasteiger partial charge in [-0.2, -0.15) is 0 Å². The first-order valence-electron chi connectivity index (χ1n) is 22.0. The predicted molar refractivity (Wildman–Crippen MR) is 274 cm³/mol. The molecule has 65 heavy (non-hydrogen) atoms. The van der Waals surface area contributed by atoms with Crippen LogP contribution >= 0.6 is 11.3 Å². The van der Waals surface area contributed by atoms with Crippen molar-refractivity contribution in [1.82, 2.24) is 4.57 Å². The van der Waals surface area contributed by atoms with E-state index in [0.29, 0.717) is 0 Å². The van der Waals surface area contributed by atoms with Crippen LogP contribution in [-0.2, 0) is 0 Å². The fourth-order valence-electron chi connectivity index (χ4n) is 10.3. The van der Waals surface area contributed by atoms with Gasteiger partial charge < -0.3 is 18.3 Å². The summed E-state index contributed by atoms with van der Waals surface area (Å²) in [7, 11) is 0. The first-order valence-corrected chi connectivity index (χ1v) is 22.8. The Labute approximate surface area is 377 Å². The maximum atomic E-state index is 7.04. The number of nitrogens with zero attached hydrogens (tertiary/aromatic N) is 2. The van der Waals surface area contributed by atoms with Gasteiger partial charge in [-0.3, -0.25) is 0 Å². The number of fused-ring (bicyclic) bond motifs is 12. The molecule has 0 radical (unpaired) electrons. The van der Waals surface area contributed by atoms with E-state index in [-0.39, 0.29) is 0 Å². The SMILES string of the molecule is c1ccc(-n2c3ccccc3c3ccccc32)c(-c2c(N(c3ccc(-c4ccc5sc6ccccc6c5c4)cc3)c3ccc4c(c3)oc3ccccc34)ccc3c2oc2ccccc23)c1. The molecule has 10 aromatic carbocycles. The lowest BCUT2D eigenvalue weighted by Crippen LogP contribution is -2.12. The van der Waals surface area contributed by atoms with E-state index in [1.807, 2.05) is 29.5 Å². The zero-order chi connectivity index (χ0) is 42.6. The second-order valence-corrected chi connectivity index (χ2v) is 17.9. The molecule has 0 fully saturated rings. The average molecular weight is 849 g/mol. The Kier molecular flexibility index (Phi) is 7.82. The number of hydrogen-bond donors (Lipinski definition) is 0. The molecule has 0 unspecified atom stereocenters. The highest BCUT2D eigenvalue weighted by molar-refractivity contribution is 7.25. The molecule has 0 aliphatic rings. The van der Waals surface area contributed by atoms with Gasteiger partial charge in [0.15, 0.2) is 0 Å². The smallest absolute Gasteiger partial charge is 0.145 e. The minimum absolute atomic E-state index is 0.832. The van der Waals surface area contributed by atoms with Crippen LogP contribution in [0, 0.1) is 0 Å². The molecular weight excluding hydrogens is 813 g/mol. The molecule has 0 aliphatic heterocycles. The van der Waals surface area contributed by atoms with Crippen LogP contribution in [0.5, 0.6) is 0 Å². The van der Waals surface area contributed by atoms with Crippen LogP contribution in [-0.4, -0.2) is 4.57 Å². The summed E-state index contributed by atoms with van der Waals surface area (Å²) in [6.07, 6.45) is 0. The maximum Gasteiger partial charge on any atom is 0.145 e. The Morgan fingerprint density at radius 2 is 0.938 bits per heavy atom. The van der Waals surface area contributed by atoms with Crippen molar-refractivity contribution in [2.45, 2.75) is 0 Å². The molecule has 4 nitrogen and oxygen atoms in total. The minimum Gasteiger partial charge on any atom is -0.456 e. The van der Waals surface area contributed by atoms with E-state index in [9.17, 15) is 0 Å². The van der Waals surface area contributed by atoms with Crippen molar-refractivity contribution in [1.29, 1.82) is 0 Å². The van der Waals surface area contributed by atoms with Crippen LogP contribution in [0.15, 0.2) is 227 Å². The highest BCUT2D eigenvalue weighted by Crippen LogP contribution is 2.50. The number of benzene rings is 10. The minimum atomic E-state index is 0.832. The van der Waals surface area contributed by atoms with Crippen molar-refractivity contribution in [2.24, 2.45) is 0 Å². The third kappa shape index (κ3) is 5.49. The first kappa shape index (κ1) is 36.1. The topological polar surface area (TPSA) is 34.5 Å². The fourth-order valence-corrected chi connectivity index (χ4v) is 11.4. The van der Waals surface area contributed by atoms with Gasteiger partial charge in [0.1, 0.15) is 22.3 Å². The summed E-state index contributed by atoms with van der Waals surface area (Å²) >= 11 is 1.85. The zero-order valence-electron chi connectivity index (χ0n) is 34.9. The number of anilines is 3. The molecule has 0 spiro atoms. The van der Waals surface area contributed by atoms with E-state index in [0.717, 1.165) is 94.4 Å². The monoisotopic (exact) mass is 848 g/mol. The molecule has 14 aromatic rings. The molecular formula is C60H36N2O2S. The van der Waals surface area contributed by atoms with Gasteiger partial charge in [-0.1, -0.05) is 127 Å². The highest BCUT2D eigenvalue weighted by Gasteiger charge is 2.26. The fraction of sp³-hybridized carbons (Fsp3) is 0. The Morgan fingerprint density at radius 1 is 0.369 bits per heavy atom. The van der Waals surface area contributed by atoms with Gasteiger partial charge in [0.25, 0.3) is 0 Å². The molecule has 14 rings (SSSR count). The number of para-hydroxylation sites is 5. The Morgan fingerprint density at radius 3 is 1.72 bits per heavy atom. The summed E-state index contributed by atoms with van der Waals surface area (Å²) in [5.74, 6) is 0. The molecule has 0 saturated heterocycles. The Hall–Kier alpha value is -8.38. The van der Waals surface area contributed by atoms with Gasteiger partial charge >= 0.3 is 0 Å². The van der Waals surface area contributed by atoms with E-state index in [4.69, 9.17) is 8.83 Å². The number of furan rings is 2. The van der Waals surface area contributed by atoms with Crippen molar-refractivity contribution in [3.05, 3.63) is 218 Å². The van der Waals surface area contributed by atoms with Gasteiger partial charge in [0, 0.05) is 75.5 Å². The zero-order valence-corrected chi connectivity index (χ0v) is 35.7. The number of rotatable bonds is 6. The molecule has 0 N–H and O–H groups in total. The van der Waals surface area contributed by atoms with Crippen LogP contribution in [0.3, 0.4) is 0 Å². The molecule has 0 aliphatic carbocycles. The van der Waals surface area contributed by atoms with E-state index in [2.05, 4.69) is 210 Å². The van der Waals surface area contributed by atoms with Crippen molar-refractivity contribution >= 4 is 114 Å². The summed E-state index contributed by atoms with van der Waals surface area (Å²) in [4.78, 5) is 2.37. The second-order valence-electron chi connectivity index (χ2n) is 16.8. The largest absolute Gasteiger partial charge is 0.456 e. The van der Waals surface area contributed by atoms with Gasteiger partial charge in [-0.15, -0.1) is 11.3 Å². The Bertz CT molecular complexity index is 4150. The molecule has 0 atom stereocenters. The van der Waals surface area contributed by atoms with E-state index < -0.39 is 0 Å². The Balaban J connectivity index is 1.03. The van der Waals surface area contributed by atoms with Crippen molar-refractivity contribution in [2.75, 3.05) is 4.90 Å². The third-order valence-electron chi connectivity index (χ3n) is 13.2. The summed E-state index contributed by atoms with van der Waals surface area (Å²) in [6.45, 7) is 0. The lowest BCUT2D eigenvalue weighted by atomic mass is 9.96. The number of aromatic nitrogens is 1. The van der Waals surface area contributed by atoms with E-state index in [1.54, 1.807) is 0 Å². The van der Waals surface area contributed by atoms with Crippen LogP contribution in [0.1, 0.15) is 0 Å². The molecule has 0 bridgehead atoms. The second kappa shape index (κ2) is 14.1. The normalized spacial score (nSPS) is 12.0. The summed E-state index contributed by atoms with van der Waals surface area (Å²) in [5, 5.41) is 9.35. The van der Waals surface area contributed by atoms with E-state index in [1.165, 1.54) is 36.5 Å². The lowest BCUT2D eigenvalue weighted by molar-refractivity contribution is 0.669. The van der Waals surface area contributed by atoms with Gasteiger partial charge in [-0.25, -0.2) is 0 Å². The molecule has 4 aromatic heterocycles. The quantitative estimate of drug-likeness (QED) is 0.167. The van der Waals surface area contributed by atoms with Crippen LogP contribution in [0.4, 0.5) is 17.1 Å². The highest BCUT2D eigenvalue weighted by atomic mass is 32.1. The van der Waals surface area contributed by atoms with Crippen molar-refractivity contribution in [3.63, 3.8) is 0 Å². The summed E-state index contributed by atoms with van der Waals surface area (Å²) < 4.78 is 18.6. The van der Waals surface area contributed by atoms with Crippen LogP contribution in [0.25, 0.3) is 114 Å². The van der Waals surface area contributed by atoms with Gasteiger partial charge in [0.2, 0.25) is 0 Å². The number of thiophene rings is 1. The summed E-state index contributed by atoms with van der Waals surface area (Å²) in [5.41, 5.74) is 14.1. The standard InChI is InChI=1S/C60H36N2O2S/c1-7-19-50-41(13-1)42-14-2-8-20-51(42)62(50)52-21-9-3-18-48(52)59-53(33-32-47-44-16-5-11-23-55(44)64-60(47)59)61(40-30-31-45-43-15-4-10-22-54(43)63-56(45)36-40)39-28-25-37(26-29-39)38-27-34-58-49(35-38)46-17-6-12-24-57(46)65-58/h1-36H. The van der Waals surface area contributed by atoms with Gasteiger partial charge in [0.05, 0.1) is 28.0 Å². The van der Waals surface area contributed by atoms with Crippen molar-refractivity contribution < 1.29 is 8.83 Å². The number of hydrogen-bond acceptors (Lipinski definition) is 4. The van der Waals surface area contributed by atoms with Crippen LogP contribution < -0.4 is 4.90 Å². The molecule has 4 heterocycles. The van der Waals surface area contributed by atoms with E-state index >= 15 is 0 Å². The molecule has 5 heteroatoms. The molecule has 304 valence electrons.